The summed E-state index contributed by atoms with van der Waals surface area (Å²) in [5, 5.41) is 2.81. The van der Waals surface area contributed by atoms with Crippen LogP contribution in [-0.4, -0.2) is 13.0 Å². The summed E-state index contributed by atoms with van der Waals surface area (Å²) >= 11 is 0. The highest BCUT2D eigenvalue weighted by molar-refractivity contribution is 5.92. The van der Waals surface area contributed by atoms with E-state index in [-0.39, 0.29) is 11.8 Å². The van der Waals surface area contributed by atoms with Crippen LogP contribution < -0.4 is 15.8 Å². The number of anilines is 2. The van der Waals surface area contributed by atoms with Gasteiger partial charge in [0.15, 0.2) is 0 Å². The quantitative estimate of drug-likeness (QED) is 0.768. The van der Waals surface area contributed by atoms with Gasteiger partial charge in [0, 0.05) is 11.6 Å². The van der Waals surface area contributed by atoms with E-state index in [9.17, 15) is 4.79 Å². The van der Waals surface area contributed by atoms with Gasteiger partial charge in [0.2, 0.25) is 5.91 Å². The Labute approximate surface area is 95.8 Å². The number of benzene rings is 1. The topological polar surface area (TPSA) is 64.3 Å². The second-order valence-corrected chi connectivity index (χ2v) is 3.76. The maximum absolute atomic E-state index is 11.6. The minimum absolute atomic E-state index is 0.00308. The van der Waals surface area contributed by atoms with Crippen molar-refractivity contribution < 1.29 is 9.53 Å². The molecule has 0 bridgehead atoms. The van der Waals surface area contributed by atoms with Crippen LogP contribution >= 0.6 is 0 Å². The van der Waals surface area contributed by atoms with Crippen LogP contribution in [0.2, 0.25) is 0 Å². The van der Waals surface area contributed by atoms with Gasteiger partial charge in [-0.2, -0.15) is 0 Å². The predicted molar refractivity (Wildman–Crippen MR) is 65.5 cm³/mol. The molecule has 1 rings (SSSR count). The molecular formula is C12H18N2O2. The molecule has 1 amide bonds. The minimum Gasteiger partial charge on any atom is -0.495 e. The Morgan fingerprint density at radius 3 is 2.75 bits per heavy atom. The van der Waals surface area contributed by atoms with Crippen LogP contribution in [-0.2, 0) is 4.79 Å². The van der Waals surface area contributed by atoms with Gasteiger partial charge in [-0.3, -0.25) is 4.79 Å². The number of carbonyl (C=O) groups excluding carboxylic acids is 1. The number of hydrogen-bond donors (Lipinski definition) is 2. The van der Waals surface area contributed by atoms with Crippen molar-refractivity contribution in [3.05, 3.63) is 18.2 Å². The molecule has 0 fully saturated rings. The molecule has 0 radical (unpaired) electrons. The minimum atomic E-state index is 0.00308. The lowest BCUT2D eigenvalue weighted by atomic mass is 10.1. The average Bonchev–Trinajstić information content (AvgIpc) is 2.28. The number of rotatable bonds is 4. The third-order valence-electron chi connectivity index (χ3n) is 2.56. The van der Waals surface area contributed by atoms with Gasteiger partial charge in [0.25, 0.3) is 0 Å². The number of nitrogen functional groups attached to an aromatic ring is 1. The van der Waals surface area contributed by atoms with E-state index < -0.39 is 0 Å². The van der Waals surface area contributed by atoms with Crippen LogP contribution in [0.1, 0.15) is 20.3 Å². The second-order valence-electron chi connectivity index (χ2n) is 3.76. The van der Waals surface area contributed by atoms with Crippen LogP contribution in [0.15, 0.2) is 18.2 Å². The van der Waals surface area contributed by atoms with E-state index in [1.807, 2.05) is 13.8 Å². The summed E-state index contributed by atoms with van der Waals surface area (Å²) in [6.07, 6.45) is 0.817. The number of methoxy groups -OCH3 is 1. The molecule has 1 unspecified atom stereocenters. The fourth-order valence-electron chi connectivity index (χ4n) is 1.26. The van der Waals surface area contributed by atoms with Crippen LogP contribution in [0.5, 0.6) is 5.75 Å². The molecule has 4 heteroatoms. The number of nitrogens with one attached hydrogen (secondary N) is 1. The molecule has 0 aliphatic rings. The van der Waals surface area contributed by atoms with Gasteiger partial charge in [0.1, 0.15) is 5.75 Å². The van der Waals surface area contributed by atoms with E-state index >= 15 is 0 Å². The van der Waals surface area contributed by atoms with Crippen LogP contribution in [0.3, 0.4) is 0 Å². The number of nitrogens with two attached hydrogens (primary N) is 1. The molecule has 0 heterocycles. The Hall–Kier alpha value is -1.71. The second kappa shape index (κ2) is 5.39. The predicted octanol–water partition coefficient (Wildman–Crippen LogP) is 2.26. The highest BCUT2D eigenvalue weighted by Gasteiger charge is 2.11. The molecule has 0 aliphatic carbocycles. The van der Waals surface area contributed by atoms with Crippen molar-refractivity contribution in [2.75, 3.05) is 18.2 Å². The van der Waals surface area contributed by atoms with Crippen molar-refractivity contribution in [2.45, 2.75) is 20.3 Å². The maximum Gasteiger partial charge on any atom is 0.227 e. The van der Waals surface area contributed by atoms with E-state index in [1.165, 1.54) is 0 Å². The van der Waals surface area contributed by atoms with Crippen molar-refractivity contribution in [1.82, 2.24) is 0 Å². The van der Waals surface area contributed by atoms with Crippen molar-refractivity contribution in [2.24, 2.45) is 5.92 Å². The lowest BCUT2D eigenvalue weighted by molar-refractivity contribution is -0.119. The number of ether oxygens (including phenoxy) is 1. The smallest absolute Gasteiger partial charge is 0.227 e. The molecule has 3 N–H and O–H groups in total. The van der Waals surface area contributed by atoms with Crippen molar-refractivity contribution in [3.63, 3.8) is 0 Å². The Morgan fingerprint density at radius 1 is 1.56 bits per heavy atom. The Bertz CT molecular complexity index is 377. The van der Waals surface area contributed by atoms with Gasteiger partial charge >= 0.3 is 0 Å². The normalized spacial score (nSPS) is 11.9. The summed E-state index contributed by atoms with van der Waals surface area (Å²) in [7, 11) is 1.56. The first-order chi connectivity index (χ1) is 7.58. The third-order valence-corrected chi connectivity index (χ3v) is 2.56. The summed E-state index contributed by atoms with van der Waals surface area (Å²) in [5.74, 6) is 0.622. The van der Waals surface area contributed by atoms with Crippen LogP contribution in [0.4, 0.5) is 11.4 Å². The summed E-state index contributed by atoms with van der Waals surface area (Å²) < 4.78 is 5.04. The van der Waals surface area contributed by atoms with E-state index in [2.05, 4.69) is 5.32 Å². The first kappa shape index (κ1) is 12.4. The molecule has 0 aromatic heterocycles. The lowest BCUT2D eigenvalue weighted by Gasteiger charge is -2.11. The van der Waals surface area contributed by atoms with E-state index in [4.69, 9.17) is 10.5 Å². The van der Waals surface area contributed by atoms with Crippen molar-refractivity contribution >= 4 is 17.3 Å². The monoisotopic (exact) mass is 222 g/mol. The standard InChI is InChI=1S/C12H18N2O2/c1-4-8(2)12(15)14-9-5-6-11(16-3)10(13)7-9/h5-8H,4,13H2,1-3H3,(H,14,15). The molecule has 0 saturated carbocycles. The van der Waals surface area contributed by atoms with Crippen LogP contribution in [0, 0.1) is 5.92 Å². The molecule has 1 aromatic rings. The summed E-state index contributed by atoms with van der Waals surface area (Å²) in [6, 6.07) is 5.20. The van der Waals surface area contributed by atoms with Gasteiger partial charge in [0.05, 0.1) is 12.8 Å². The molecule has 88 valence electrons. The van der Waals surface area contributed by atoms with Gasteiger partial charge < -0.3 is 15.8 Å². The largest absolute Gasteiger partial charge is 0.495 e. The van der Waals surface area contributed by atoms with E-state index in [0.29, 0.717) is 17.1 Å². The number of amides is 1. The first-order valence-electron chi connectivity index (χ1n) is 5.32. The Kier molecular flexibility index (Phi) is 4.17. The summed E-state index contributed by atoms with van der Waals surface area (Å²) in [4.78, 5) is 11.6. The zero-order chi connectivity index (χ0) is 12.1. The summed E-state index contributed by atoms with van der Waals surface area (Å²) in [6.45, 7) is 3.87. The fraction of sp³-hybridized carbons (Fsp3) is 0.417. The Morgan fingerprint density at radius 2 is 2.25 bits per heavy atom. The number of carbonyl (C=O) groups is 1. The highest BCUT2D eigenvalue weighted by atomic mass is 16.5. The number of hydrogen-bond acceptors (Lipinski definition) is 3. The first-order valence-corrected chi connectivity index (χ1v) is 5.32. The lowest BCUT2D eigenvalue weighted by Crippen LogP contribution is -2.19. The zero-order valence-electron chi connectivity index (χ0n) is 9.91. The molecule has 16 heavy (non-hydrogen) atoms. The molecule has 1 aromatic carbocycles. The zero-order valence-corrected chi connectivity index (χ0v) is 9.91. The van der Waals surface area contributed by atoms with Crippen molar-refractivity contribution in [1.29, 1.82) is 0 Å². The van der Waals surface area contributed by atoms with E-state index in [0.717, 1.165) is 6.42 Å². The van der Waals surface area contributed by atoms with Crippen molar-refractivity contribution in [3.8, 4) is 5.75 Å². The van der Waals surface area contributed by atoms with Gasteiger partial charge in [-0.1, -0.05) is 13.8 Å². The molecule has 0 spiro atoms. The molecular weight excluding hydrogens is 204 g/mol. The van der Waals surface area contributed by atoms with E-state index in [1.54, 1.807) is 25.3 Å². The SMILES string of the molecule is CCC(C)C(=O)Nc1ccc(OC)c(N)c1. The average molecular weight is 222 g/mol. The maximum atomic E-state index is 11.6. The molecule has 1 atom stereocenters. The summed E-state index contributed by atoms with van der Waals surface area (Å²) in [5.41, 5.74) is 6.96. The fourth-order valence-corrected chi connectivity index (χ4v) is 1.26. The van der Waals surface area contributed by atoms with Crippen LogP contribution in [0.25, 0.3) is 0 Å². The molecule has 4 nitrogen and oxygen atoms in total. The third kappa shape index (κ3) is 2.89. The molecule has 0 saturated heterocycles. The molecule has 0 aliphatic heterocycles. The van der Waals surface area contributed by atoms with Gasteiger partial charge in [-0.25, -0.2) is 0 Å². The highest BCUT2D eigenvalue weighted by Crippen LogP contribution is 2.24. The Balaban J connectivity index is 2.75. The van der Waals surface area contributed by atoms with Gasteiger partial charge in [-0.05, 0) is 24.6 Å². The van der Waals surface area contributed by atoms with Gasteiger partial charge in [-0.15, -0.1) is 0 Å².